The lowest BCUT2D eigenvalue weighted by Gasteiger charge is -2.28. The van der Waals surface area contributed by atoms with Gasteiger partial charge >= 0.3 is 6.18 Å². The molecule has 0 unspecified atom stereocenters. The van der Waals surface area contributed by atoms with Crippen molar-refractivity contribution in [2.45, 2.75) is 38.3 Å². The molecular formula is C12H16F3N3O. The van der Waals surface area contributed by atoms with E-state index in [-0.39, 0.29) is 31.0 Å². The number of aromatic nitrogens is 3. The summed E-state index contributed by atoms with van der Waals surface area (Å²) in [5.74, 6) is -0.985. The third-order valence-electron chi connectivity index (χ3n) is 3.78. The first-order valence-electron chi connectivity index (χ1n) is 6.30. The van der Waals surface area contributed by atoms with Gasteiger partial charge in [-0.15, -0.1) is 0 Å². The first-order chi connectivity index (χ1) is 8.88. The summed E-state index contributed by atoms with van der Waals surface area (Å²) >= 11 is 0. The predicted molar refractivity (Wildman–Crippen MR) is 61.2 cm³/mol. The van der Waals surface area contributed by atoms with Crippen LogP contribution < -0.4 is 0 Å². The van der Waals surface area contributed by atoms with E-state index < -0.39 is 12.1 Å². The number of carbonyl (C=O) groups is 1. The van der Waals surface area contributed by atoms with Gasteiger partial charge in [0, 0.05) is 13.0 Å². The Balaban J connectivity index is 1.88. The Morgan fingerprint density at radius 2 is 2.00 bits per heavy atom. The summed E-state index contributed by atoms with van der Waals surface area (Å²) in [5, 5.41) is 3.86. The molecule has 0 bridgehead atoms. The molecule has 0 radical (unpaired) electrons. The van der Waals surface area contributed by atoms with E-state index in [2.05, 4.69) is 10.1 Å². The summed E-state index contributed by atoms with van der Waals surface area (Å²) in [6.07, 6.45) is -1.86. The fourth-order valence-corrected chi connectivity index (χ4v) is 2.52. The number of aryl methyl sites for hydroxylation is 1. The number of nitrogens with zero attached hydrogens (tertiary/aromatic N) is 3. The van der Waals surface area contributed by atoms with Gasteiger partial charge in [0.2, 0.25) is 0 Å². The Hall–Kier alpha value is -1.40. The van der Waals surface area contributed by atoms with Gasteiger partial charge in [-0.1, -0.05) is 0 Å². The minimum atomic E-state index is -4.13. The SMILES string of the molecule is Cn1ncnc1CC(=O)C1CCC(C(F)(F)F)CC1. The third-order valence-corrected chi connectivity index (χ3v) is 3.78. The van der Waals surface area contributed by atoms with Crippen molar-refractivity contribution in [3.8, 4) is 0 Å². The summed E-state index contributed by atoms with van der Waals surface area (Å²) in [7, 11) is 1.69. The highest BCUT2D eigenvalue weighted by Crippen LogP contribution is 2.39. The molecule has 19 heavy (non-hydrogen) atoms. The topological polar surface area (TPSA) is 47.8 Å². The molecule has 0 atom stereocenters. The van der Waals surface area contributed by atoms with Crippen LogP contribution in [0.15, 0.2) is 6.33 Å². The van der Waals surface area contributed by atoms with Gasteiger partial charge in [-0.05, 0) is 25.7 Å². The highest BCUT2D eigenvalue weighted by atomic mass is 19.4. The molecule has 1 fully saturated rings. The zero-order valence-electron chi connectivity index (χ0n) is 10.7. The molecule has 1 aliphatic carbocycles. The Kier molecular flexibility index (Phi) is 3.91. The lowest BCUT2D eigenvalue weighted by Crippen LogP contribution is -2.31. The lowest BCUT2D eigenvalue weighted by molar-refractivity contribution is -0.184. The van der Waals surface area contributed by atoms with Crippen molar-refractivity contribution < 1.29 is 18.0 Å². The van der Waals surface area contributed by atoms with Crippen molar-refractivity contribution in [2.75, 3.05) is 0 Å². The Morgan fingerprint density at radius 3 is 2.47 bits per heavy atom. The van der Waals surface area contributed by atoms with Crippen molar-refractivity contribution in [3.63, 3.8) is 0 Å². The Labute approximate surface area is 109 Å². The second kappa shape index (κ2) is 5.30. The standard InChI is InChI=1S/C12H16F3N3O/c1-18-11(16-7-17-18)6-10(19)8-2-4-9(5-3-8)12(13,14)15/h7-9H,2-6H2,1H3. The second-order valence-corrected chi connectivity index (χ2v) is 5.03. The number of Topliss-reactive ketones (excluding diaryl/α,β-unsaturated/α-hetero) is 1. The minimum Gasteiger partial charge on any atom is -0.299 e. The van der Waals surface area contributed by atoms with Crippen molar-refractivity contribution in [2.24, 2.45) is 18.9 Å². The number of halogens is 3. The van der Waals surface area contributed by atoms with Gasteiger partial charge in [0.15, 0.2) is 0 Å². The quantitative estimate of drug-likeness (QED) is 0.850. The molecule has 7 heteroatoms. The maximum atomic E-state index is 12.5. The van der Waals surface area contributed by atoms with Crippen LogP contribution in [-0.4, -0.2) is 26.7 Å². The number of hydrogen-bond acceptors (Lipinski definition) is 3. The van der Waals surface area contributed by atoms with Crippen molar-refractivity contribution in [1.82, 2.24) is 14.8 Å². The minimum absolute atomic E-state index is 0.0308. The number of alkyl halides is 3. The summed E-state index contributed by atoms with van der Waals surface area (Å²) in [6, 6.07) is 0. The molecule has 1 heterocycles. The molecule has 1 aromatic rings. The van der Waals surface area contributed by atoms with E-state index in [1.54, 1.807) is 7.05 Å². The molecular weight excluding hydrogens is 259 g/mol. The van der Waals surface area contributed by atoms with Crippen LogP contribution in [0, 0.1) is 11.8 Å². The average molecular weight is 275 g/mol. The summed E-state index contributed by atoms with van der Waals surface area (Å²) in [5.41, 5.74) is 0. The van der Waals surface area contributed by atoms with Crippen LogP contribution in [0.4, 0.5) is 13.2 Å². The van der Waals surface area contributed by atoms with Gasteiger partial charge in [-0.3, -0.25) is 9.48 Å². The van der Waals surface area contributed by atoms with Gasteiger partial charge in [-0.2, -0.15) is 18.3 Å². The van der Waals surface area contributed by atoms with Crippen LogP contribution in [0.5, 0.6) is 0 Å². The van der Waals surface area contributed by atoms with E-state index in [0.29, 0.717) is 18.7 Å². The Morgan fingerprint density at radius 1 is 1.37 bits per heavy atom. The van der Waals surface area contributed by atoms with Crippen LogP contribution >= 0.6 is 0 Å². The van der Waals surface area contributed by atoms with Crippen LogP contribution in [0.1, 0.15) is 31.5 Å². The first-order valence-corrected chi connectivity index (χ1v) is 6.30. The van der Waals surface area contributed by atoms with Crippen LogP contribution in [0.25, 0.3) is 0 Å². The summed E-state index contributed by atoms with van der Waals surface area (Å²) in [4.78, 5) is 16.0. The maximum absolute atomic E-state index is 12.5. The molecule has 0 amide bonds. The van der Waals surface area contributed by atoms with Gasteiger partial charge in [-0.25, -0.2) is 4.98 Å². The maximum Gasteiger partial charge on any atom is 0.391 e. The molecule has 0 saturated heterocycles. The van der Waals surface area contributed by atoms with E-state index in [4.69, 9.17) is 0 Å². The molecule has 1 saturated carbocycles. The molecule has 2 rings (SSSR count). The zero-order chi connectivity index (χ0) is 14.0. The molecule has 1 aromatic heterocycles. The van der Waals surface area contributed by atoms with Crippen LogP contribution in [-0.2, 0) is 18.3 Å². The van der Waals surface area contributed by atoms with E-state index in [1.165, 1.54) is 11.0 Å². The van der Waals surface area contributed by atoms with Gasteiger partial charge in [0.05, 0.1) is 12.3 Å². The summed E-state index contributed by atoms with van der Waals surface area (Å²) in [6.45, 7) is 0. The largest absolute Gasteiger partial charge is 0.391 e. The van der Waals surface area contributed by atoms with Gasteiger partial charge < -0.3 is 0 Å². The molecule has 0 spiro atoms. The van der Waals surface area contributed by atoms with Crippen molar-refractivity contribution >= 4 is 5.78 Å². The van der Waals surface area contributed by atoms with Crippen LogP contribution in [0.3, 0.4) is 0 Å². The number of hydrogen-bond donors (Lipinski definition) is 0. The molecule has 1 aliphatic rings. The average Bonchev–Trinajstić information content (AvgIpc) is 2.74. The third kappa shape index (κ3) is 3.33. The molecule has 0 aromatic carbocycles. The van der Waals surface area contributed by atoms with E-state index in [9.17, 15) is 18.0 Å². The number of carbonyl (C=O) groups excluding carboxylic acids is 1. The number of rotatable bonds is 3. The lowest BCUT2D eigenvalue weighted by atomic mass is 9.79. The summed E-state index contributed by atoms with van der Waals surface area (Å²) < 4.78 is 39.1. The normalized spacial score (nSPS) is 24.4. The van der Waals surface area contributed by atoms with Crippen molar-refractivity contribution in [1.29, 1.82) is 0 Å². The number of ketones is 1. The smallest absolute Gasteiger partial charge is 0.299 e. The highest BCUT2D eigenvalue weighted by molar-refractivity contribution is 5.82. The zero-order valence-corrected chi connectivity index (χ0v) is 10.7. The van der Waals surface area contributed by atoms with E-state index in [0.717, 1.165) is 0 Å². The fraction of sp³-hybridized carbons (Fsp3) is 0.750. The Bertz CT molecular complexity index is 447. The van der Waals surface area contributed by atoms with E-state index in [1.807, 2.05) is 0 Å². The van der Waals surface area contributed by atoms with Crippen LogP contribution in [0.2, 0.25) is 0 Å². The fourth-order valence-electron chi connectivity index (χ4n) is 2.52. The molecule has 0 N–H and O–H groups in total. The molecule has 0 aliphatic heterocycles. The molecule has 106 valence electrons. The molecule has 4 nitrogen and oxygen atoms in total. The highest BCUT2D eigenvalue weighted by Gasteiger charge is 2.42. The van der Waals surface area contributed by atoms with Gasteiger partial charge in [0.1, 0.15) is 17.9 Å². The predicted octanol–water partition coefficient (Wildman–Crippen LogP) is 2.30. The van der Waals surface area contributed by atoms with Gasteiger partial charge in [0.25, 0.3) is 0 Å². The van der Waals surface area contributed by atoms with E-state index >= 15 is 0 Å². The second-order valence-electron chi connectivity index (χ2n) is 5.03. The van der Waals surface area contributed by atoms with Crippen molar-refractivity contribution in [3.05, 3.63) is 12.2 Å². The first kappa shape index (κ1) is 14.0. The monoisotopic (exact) mass is 275 g/mol.